The van der Waals surface area contributed by atoms with E-state index in [4.69, 9.17) is 0 Å². The molecule has 0 aliphatic heterocycles. The van der Waals surface area contributed by atoms with Crippen LogP contribution in [0.3, 0.4) is 0 Å². The topological polar surface area (TPSA) is 84.5 Å². The normalized spacial score (nSPS) is 20.9. The summed E-state index contributed by atoms with van der Waals surface area (Å²) in [6, 6.07) is 4.44. The van der Waals surface area contributed by atoms with Crippen LogP contribution in [0.4, 0.5) is 18.9 Å². The molecule has 1 aromatic carbocycles. The van der Waals surface area contributed by atoms with Crippen LogP contribution in [-0.4, -0.2) is 26.7 Å². The zero-order chi connectivity index (χ0) is 18.7. The first-order chi connectivity index (χ1) is 11.6. The van der Waals surface area contributed by atoms with E-state index < -0.39 is 16.4 Å². The lowest BCUT2D eigenvalue weighted by molar-refractivity contribution is -0.274. The van der Waals surface area contributed by atoms with Crippen molar-refractivity contribution in [3.05, 3.63) is 36.3 Å². The third-order valence-electron chi connectivity index (χ3n) is 3.71. The van der Waals surface area contributed by atoms with Crippen LogP contribution in [0.2, 0.25) is 0 Å². The van der Waals surface area contributed by atoms with E-state index in [1.165, 1.54) is 12.1 Å². The van der Waals surface area contributed by atoms with Crippen molar-refractivity contribution < 1.29 is 31.1 Å². The highest BCUT2D eigenvalue weighted by molar-refractivity contribution is 7.92. The maximum atomic E-state index is 12.2. The number of halogens is 3. The van der Waals surface area contributed by atoms with Gasteiger partial charge in [-0.3, -0.25) is 4.79 Å². The number of carbonyl (C=O) groups excluding carboxylic acids is 1. The van der Waals surface area contributed by atoms with Crippen LogP contribution in [0.25, 0.3) is 0 Å². The molecule has 0 heterocycles. The van der Waals surface area contributed by atoms with Gasteiger partial charge in [0.25, 0.3) is 0 Å². The van der Waals surface area contributed by atoms with E-state index >= 15 is 0 Å². The Kier molecular flexibility index (Phi) is 5.73. The predicted octanol–water partition coefficient (Wildman–Crippen LogP) is 2.76. The first-order valence-corrected chi connectivity index (χ1v) is 8.94. The largest absolute Gasteiger partial charge is 0.573 e. The minimum atomic E-state index is -4.78. The standard InChI is InChI=1S/C15H17F3N2O4S/c1-2-25(22,23)20-12-4-3-10(9-12)14(21)19-11-5-7-13(8-6-11)24-15(16,17)18/h2,5-8,10,12,20H,1,3-4,9H2,(H,19,21)/t10?,12-/m1/s1. The van der Waals surface area contributed by atoms with Gasteiger partial charge in [0.05, 0.1) is 0 Å². The Labute approximate surface area is 143 Å². The summed E-state index contributed by atoms with van der Waals surface area (Å²) in [7, 11) is -3.55. The van der Waals surface area contributed by atoms with Gasteiger partial charge in [-0.1, -0.05) is 6.58 Å². The Morgan fingerprint density at radius 3 is 2.44 bits per heavy atom. The number of sulfonamides is 1. The zero-order valence-corrected chi connectivity index (χ0v) is 13.9. The number of rotatable bonds is 6. The Morgan fingerprint density at radius 1 is 1.24 bits per heavy atom. The summed E-state index contributed by atoms with van der Waals surface area (Å²) in [5, 5.41) is 3.41. The molecular formula is C15H17F3N2O4S. The highest BCUT2D eigenvalue weighted by atomic mass is 32.2. The van der Waals surface area contributed by atoms with Crippen molar-refractivity contribution in [3.63, 3.8) is 0 Å². The molecule has 0 spiro atoms. The third kappa shape index (κ3) is 6.05. The van der Waals surface area contributed by atoms with Gasteiger partial charge in [-0.2, -0.15) is 0 Å². The van der Waals surface area contributed by atoms with E-state index in [0.29, 0.717) is 24.9 Å². The number of ether oxygens (including phenoxy) is 1. The van der Waals surface area contributed by atoms with E-state index in [2.05, 4.69) is 21.4 Å². The van der Waals surface area contributed by atoms with Gasteiger partial charge in [-0.05, 0) is 43.5 Å². The Bertz CT molecular complexity index is 732. The lowest BCUT2D eigenvalue weighted by atomic mass is 10.1. The van der Waals surface area contributed by atoms with Crippen LogP contribution in [0, 0.1) is 5.92 Å². The number of nitrogens with one attached hydrogen (secondary N) is 2. The molecule has 6 nitrogen and oxygen atoms in total. The molecule has 2 N–H and O–H groups in total. The van der Waals surface area contributed by atoms with Crippen molar-refractivity contribution >= 4 is 21.6 Å². The van der Waals surface area contributed by atoms with Crippen molar-refractivity contribution in [1.82, 2.24) is 4.72 Å². The Balaban J connectivity index is 1.89. The second-order valence-electron chi connectivity index (χ2n) is 5.60. The summed E-state index contributed by atoms with van der Waals surface area (Å²) >= 11 is 0. The van der Waals surface area contributed by atoms with Gasteiger partial charge < -0.3 is 10.1 Å². The Morgan fingerprint density at radius 2 is 1.88 bits per heavy atom. The molecule has 1 unspecified atom stereocenters. The number of hydrogen-bond acceptors (Lipinski definition) is 4. The van der Waals surface area contributed by atoms with Crippen LogP contribution in [0.15, 0.2) is 36.3 Å². The van der Waals surface area contributed by atoms with Crippen LogP contribution < -0.4 is 14.8 Å². The highest BCUT2D eigenvalue weighted by Gasteiger charge is 2.32. The fraction of sp³-hybridized carbons (Fsp3) is 0.400. The van der Waals surface area contributed by atoms with Crippen molar-refractivity contribution in [2.24, 2.45) is 5.92 Å². The average molecular weight is 378 g/mol. The van der Waals surface area contributed by atoms with Crippen molar-refractivity contribution in [2.75, 3.05) is 5.32 Å². The molecule has 25 heavy (non-hydrogen) atoms. The molecular weight excluding hydrogens is 361 g/mol. The Hall–Kier alpha value is -2.07. The average Bonchev–Trinajstić information content (AvgIpc) is 2.95. The number of carbonyl (C=O) groups is 1. The maximum Gasteiger partial charge on any atom is 0.573 e. The summed E-state index contributed by atoms with van der Waals surface area (Å²) in [6.07, 6.45) is -3.41. The number of benzene rings is 1. The monoisotopic (exact) mass is 378 g/mol. The van der Waals surface area contributed by atoms with Gasteiger partial charge in [-0.15, -0.1) is 13.2 Å². The summed E-state index contributed by atoms with van der Waals surface area (Å²) in [6.45, 7) is 3.20. The summed E-state index contributed by atoms with van der Waals surface area (Å²) in [4.78, 5) is 12.2. The van der Waals surface area contributed by atoms with Gasteiger partial charge in [0, 0.05) is 23.1 Å². The number of amides is 1. The van der Waals surface area contributed by atoms with Crippen molar-refractivity contribution in [3.8, 4) is 5.75 Å². The van der Waals surface area contributed by atoms with E-state index in [0.717, 1.165) is 17.5 Å². The molecule has 0 saturated heterocycles. The second kappa shape index (κ2) is 7.44. The van der Waals surface area contributed by atoms with Gasteiger partial charge in [0.1, 0.15) is 5.75 Å². The number of hydrogen-bond donors (Lipinski definition) is 2. The lowest BCUT2D eigenvalue weighted by Crippen LogP contribution is -2.32. The van der Waals surface area contributed by atoms with Crippen LogP contribution in [0.5, 0.6) is 5.75 Å². The molecule has 0 bridgehead atoms. The molecule has 2 atom stereocenters. The molecule has 1 amide bonds. The van der Waals surface area contributed by atoms with Crippen LogP contribution >= 0.6 is 0 Å². The molecule has 1 aromatic rings. The molecule has 138 valence electrons. The molecule has 1 saturated carbocycles. The maximum absolute atomic E-state index is 12.2. The molecule has 2 rings (SSSR count). The second-order valence-corrected chi connectivity index (χ2v) is 7.26. The molecule has 1 aliphatic carbocycles. The first-order valence-electron chi connectivity index (χ1n) is 7.39. The van der Waals surface area contributed by atoms with E-state index in [9.17, 15) is 26.4 Å². The quantitative estimate of drug-likeness (QED) is 0.797. The van der Waals surface area contributed by atoms with Gasteiger partial charge in [0.2, 0.25) is 15.9 Å². The lowest BCUT2D eigenvalue weighted by Gasteiger charge is -2.13. The zero-order valence-electron chi connectivity index (χ0n) is 13.0. The minimum Gasteiger partial charge on any atom is -0.406 e. The predicted molar refractivity (Wildman–Crippen MR) is 85.1 cm³/mol. The van der Waals surface area contributed by atoms with E-state index in [-0.39, 0.29) is 23.6 Å². The summed E-state index contributed by atoms with van der Waals surface area (Å²) < 4.78 is 65.3. The number of alkyl halides is 3. The fourth-order valence-corrected chi connectivity index (χ4v) is 3.37. The third-order valence-corrected chi connectivity index (χ3v) is 4.81. The molecule has 0 aromatic heterocycles. The molecule has 1 aliphatic rings. The highest BCUT2D eigenvalue weighted by Crippen LogP contribution is 2.28. The molecule has 1 fully saturated rings. The van der Waals surface area contributed by atoms with Crippen molar-refractivity contribution in [1.29, 1.82) is 0 Å². The SMILES string of the molecule is C=CS(=O)(=O)N[C@@H]1CCC(C(=O)Nc2ccc(OC(F)(F)F)cc2)C1. The fourth-order valence-electron chi connectivity index (χ4n) is 2.59. The molecule has 0 radical (unpaired) electrons. The summed E-state index contributed by atoms with van der Waals surface area (Å²) in [5.74, 6) is -1.08. The van der Waals surface area contributed by atoms with Gasteiger partial charge >= 0.3 is 6.36 Å². The van der Waals surface area contributed by atoms with Crippen LogP contribution in [-0.2, 0) is 14.8 Å². The van der Waals surface area contributed by atoms with Gasteiger partial charge in [-0.25, -0.2) is 13.1 Å². The number of anilines is 1. The van der Waals surface area contributed by atoms with E-state index in [1.54, 1.807) is 0 Å². The van der Waals surface area contributed by atoms with E-state index in [1.807, 2.05) is 0 Å². The summed E-state index contributed by atoms with van der Waals surface area (Å²) in [5.41, 5.74) is 0.328. The smallest absolute Gasteiger partial charge is 0.406 e. The van der Waals surface area contributed by atoms with Gasteiger partial charge in [0.15, 0.2) is 0 Å². The molecule has 10 heteroatoms. The first kappa shape index (κ1) is 19.3. The van der Waals surface area contributed by atoms with Crippen LogP contribution in [0.1, 0.15) is 19.3 Å². The minimum absolute atomic E-state index is 0.315. The van der Waals surface area contributed by atoms with Crippen molar-refractivity contribution in [2.45, 2.75) is 31.7 Å².